The number of aliphatic hydroxyl groups is 1. The van der Waals surface area contributed by atoms with Crippen LogP contribution in [0.5, 0.6) is 0 Å². The third kappa shape index (κ3) is 2.95. The van der Waals surface area contributed by atoms with Gasteiger partial charge in [0.15, 0.2) is 5.76 Å². The summed E-state index contributed by atoms with van der Waals surface area (Å²) in [6.07, 6.45) is 3.95. The van der Waals surface area contributed by atoms with Crippen molar-refractivity contribution >= 4 is 23.0 Å². The van der Waals surface area contributed by atoms with E-state index in [1.807, 2.05) is 13.8 Å². The number of nitrogens with zero attached hydrogens (tertiary/aromatic N) is 3. The van der Waals surface area contributed by atoms with Gasteiger partial charge in [-0.1, -0.05) is 6.92 Å². The van der Waals surface area contributed by atoms with E-state index in [4.69, 9.17) is 0 Å². The molecule has 0 saturated carbocycles. The zero-order chi connectivity index (χ0) is 18.1. The van der Waals surface area contributed by atoms with Crippen LogP contribution in [0.1, 0.15) is 45.3 Å². The van der Waals surface area contributed by atoms with Crippen LogP contribution in [0.25, 0.3) is 0 Å². The van der Waals surface area contributed by atoms with Crippen molar-refractivity contribution in [2.45, 2.75) is 33.2 Å². The van der Waals surface area contributed by atoms with Gasteiger partial charge in [0.1, 0.15) is 0 Å². The first-order valence-electron chi connectivity index (χ1n) is 8.08. The molecule has 7 heteroatoms. The van der Waals surface area contributed by atoms with E-state index in [-0.39, 0.29) is 11.4 Å². The van der Waals surface area contributed by atoms with E-state index in [0.29, 0.717) is 17.1 Å². The Balaban J connectivity index is 2.12. The summed E-state index contributed by atoms with van der Waals surface area (Å²) in [5.41, 5.74) is 1.49. The van der Waals surface area contributed by atoms with Gasteiger partial charge in [-0.25, -0.2) is 4.98 Å². The molecule has 1 N–H and O–H groups in total. The maximum absolute atomic E-state index is 13.1. The average Bonchev–Trinajstić information content (AvgIpc) is 3.06. The number of hydrogen-bond donors (Lipinski definition) is 1. The lowest BCUT2D eigenvalue weighted by atomic mass is 9.96. The highest BCUT2D eigenvalue weighted by molar-refractivity contribution is 7.14. The van der Waals surface area contributed by atoms with Gasteiger partial charge in [0.2, 0.25) is 5.78 Å². The Hall–Kier alpha value is -2.54. The summed E-state index contributed by atoms with van der Waals surface area (Å²) in [7, 11) is 0. The number of thiazole rings is 1. The summed E-state index contributed by atoms with van der Waals surface area (Å²) in [6, 6.07) is 2.92. The van der Waals surface area contributed by atoms with Gasteiger partial charge in [-0.3, -0.25) is 14.6 Å². The number of carbonyl (C=O) groups excluding carboxylic acids is 2. The van der Waals surface area contributed by atoms with Crippen molar-refractivity contribution in [1.29, 1.82) is 0 Å². The van der Waals surface area contributed by atoms with E-state index in [0.717, 1.165) is 17.0 Å². The third-order valence-electron chi connectivity index (χ3n) is 4.14. The van der Waals surface area contributed by atoms with E-state index in [1.54, 1.807) is 36.4 Å². The maximum Gasteiger partial charge on any atom is 0.290 e. The summed E-state index contributed by atoms with van der Waals surface area (Å²) in [5.74, 6) is -1.31. The molecule has 2 aromatic rings. The number of aliphatic hydroxyl groups excluding tert-OH is 1. The molecule has 1 amide bonds. The highest BCUT2D eigenvalue weighted by Gasteiger charge is 2.44. The van der Waals surface area contributed by atoms with Gasteiger partial charge in [0.05, 0.1) is 27.2 Å². The van der Waals surface area contributed by atoms with Crippen LogP contribution >= 0.6 is 11.3 Å². The molecule has 130 valence electrons. The van der Waals surface area contributed by atoms with Crippen LogP contribution < -0.4 is 0 Å². The van der Waals surface area contributed by atoms with Gasteiger partial charge in [-0.2, -0.15) is 0 Å². The number of aryl methyl sites for hydroxylation is 2. The first-order valence-corrected chi connectivity index (χ1v) is 8.90. The minimum atomic E-state index is -0.607. The summed E-state index contributed by atoms with van der Waals surface area (Å²) in [6.45, 7) is 5.99. The van der Waals surface area contributed by atoms with Crippen LogP contribution in [0, 0.1) is 13.8 Å². The van der Waals surface area contributed by atoms with Crippen LogP contribution in [0.2, 0.25) is 0 Å². The van der Waals surface area contributed by atoms with Crippen molar-refractivity contribution in [2.75, 3.05) is 6.54 Å². The third-order valence-corrected chi connectivity index (χ3v) is 5.22. The Morgan fingerprint density at radius 1 is 1.32 bits per heavy atom. The zero-order valence-electron chi connectivity index (χ0n) is 14.3. The molecule has 1 unspecified atom stereocenters. The van der Waals surface area contributed by atoms with Crippen molar-refractivity contribution in [2.24, 2.45) is 0 Å². The second-order valence-corrected chi connectivity index (χ2v) is 7.12. The Morgan fingerprint density at radius 3 is 2.56 bits per heavy atom. The van der Waals surface area contributed by atoms with Crippen LogP contribution in [0.4, 0.5) is 0 Å². The lowest BCUT2D eigenvalue weighted by Crippen LogP contribution is -2.31. The van der Waals surface area contributed by atoms with Gasteiger partial charge < -0.3 is 10.0 Å². The standard InChI is InChI=1S/C18H19N3O3S/c1-4-9-21-14(12-5-7-19-8-6-12)13(16(23)18(21)24)15(22)17-10(2)20-11(3)25-17/h5-8,14,23H,4,9H2,1-3H3. The molecular formula is C18H19N3O3S. The maximum atomic E-state index is 13.1. The molecule has 6 nitrogen and oxygen atoms in total. The van der Waals surface area contributed by atoms with Gasteiger partial charge in [-0.15, -0.1) is 11.3 Å². The molecule has 25 heavy (non-hydrogen) atoms. The van der Waals surface area contributed by atoms with E-state index >= 15 is 0 Å². The molecule has 3 rings (SSSR count). The minimum absolute atomic E-state index is 0.122. The molecule has 0 aliphatic carbocycles. The number of rotatable bonds is 5. The van der Waals surface area contributed by atoms with E-state index in [2.05, 4.69) is 9.97 Å². The van der Waals surface area contributed by atoms with Gasteiger partial charge in [0, 0.05) is 18.9 Å². The molecular weight excluding hydrogens is 338 g/mol. The fraction of sp³-hybridized carbons (Fsp3) is 0.333. The molecule has 1 aliphatic heterocycles. The Labute approximate surface area is 149 Å². The number of Topliss-reactive ketones (excluding diaryl/α,β-unsaturated/α-hetero) is 1. The van der Waals surface area contributed by atoms with E-state index in [9.17, 15) is 14.7 Å². The summed E-state index contributed by atoms with van der Waals surface area (Å²) >= 11 is 1.28. The zero-order valence-corrected chi connectivity index (χ0v) is 15.1. The smallest absolute Gasteiger partial charge is 0.290 e. The fourth-order valence-corrected chi connectivity index (χ4v) is 3.99. The largest absolute Gasteiger partial charge is 0.503 e. The summed E-state index contributed by atoms with van der Waals surface area (Å²) in [5, 5.41) is 11.2. The normalized spacial score (nSPS) is 17.5. The second kappa shape index (κ2) is 6.76. The van der Waals surface area contributed by atoms with Crippen molar-refractivity contribution in [1.82, 2.24) is 14.9 Å². The molecule has 0 bridgehead atoms. The highest BCUT2D eigenvalue weighted by atomic mass is 32.1. The molecule has 0 saturated heterocycles. The molecule has 0 radical (unpaired) electrons. The van der Waals surface area contributed by atoms with Gasteiger partial charge >= 0.3 is 0 Å². The average molecular weight is 357 g/mol. The quantitative estimate of drug-likeness (QED) is 0.831. The van der Waals surface area contributed by atoms with Crippen LogP contribution in [-0.4, -0.2) is 38.2 Å². The SMILES string of the molecule is CCCN1C(=O)C(O)=C(C(=O)c2sc(C)nc2C)C1c1ccncc1. The number of pyridine rings is 1. The Kier molecular flexibility index (Phi) is 4.67. The van der Waals surface area contributed by atoms with Crippen molar-refractivity contribution in [3.8, 4) is 0 Å². The van der Waals surface area contributed by atoms with E-state index in [1.165, 1.54) is 11.3 Å². The first-order chi connectivity index (χ1) is 12.0. The number of hydrogen-bond acceptors (Lipinski definition) is 6. The minimum Gasteiger partial charge on any atom is -0.503 e. The lowest BCUT2D eigenvalue weighted by Gasteiger charge is -2.26. The first kappa shape index (κ1) is 17.3. The number of aromatic nitrogens is 2. The van der Waals surface area contributed by atoms with Gasteiger partial charge in [-0.05, 0) is 38.0 Å². The molecule has 1 atom stereocenters. The Morgan fingerprint density at radius 2 is 2.00 bits per heavy atom. The predicted molar refractivity (Wildman–Crippen MR) is 94.6 cm³/mol. The summed E-state index contributed by atoms with van der Waals surface area (Å²) in [4.78, 5) is 36.0. The molecule has 0 spiro atoms. The lowest BCUT2D eigenvalue weighted by molar-refractivity contribution is -0.129. The Bertz CT molecular complexity index is 858. The molecule has 0 fully saturated rings. The highest BCUT2D eigenvalue weighted by Crippen LogP contribution is 2.39. The second-order valence-electron chi connectivity index (χ2n) is 5.92. The van der Waals surface area contributed by atoms with Crippen molar-refractivity contribution in [3.63, 3.8) is 0 Å². The van der Waals surface area contributed by atoms with Gasteiger partial charge in [0.25, 0.3) is 5.91 Å². The molecule has 0 aromatic carbocycles. The van der Waals surface area contributed by atoms with E-state index < -0.39 is 17.7 Å². The van der Waals surface area contributed by atoms with Crippen molar-refractivity contribution in [3.05, 3.63) is 57.0 Å². The van der Waals surface area contributed by atoms with Crippen LogP contribution in [-0.2, 0) is 4.79 Å². The number of carbonyl (C=O) groups is 2. The predicted octanol–water partition coefficient (Wildman–Crippen LogP) is 3.14. The molecule has 3 heterocycles. The molecule has 1 aliphatic rings. The topological polar surface area (TPSA) is 83.4 Å². The number of amides is 1. The van der Waals surface area contributed by atoms with Crippen molar-refractivity contribution < 1.29 is 14.7 Å². The van der Waals surface area contributed by atoms with Crippen LogP contribution in [0.3, 0.4) is 0 Å². The fourth-order valence-electron chi connectivity index (χ4n) is 3.11. The monoisotopic (exact) mass is 357 g/mol. The summed E-state index contributed by atoms with van der Waals surface area (Å²) < 4.78 is 0. The number of ketones is 1. The van der Waals surface area contributed by atoms with Crippen LogP contribution in [0.15, 0.2) is 35.9 Å². The molecule has 2 aromatic heterocycles.